The molecule has 0 aromatic heterocycles. The maximum Gasteiger partial charge on any atom is 0.0817 e. The van der Waals surface area contributed by atoms with Gasteiger partial charge in [0.15, 0.2) is 0 Å². The number of hydrogen-bond donors (Lipinski definition) is 2. The molecule has 0 aliphatic heterocycles. The van der Waals surface area contributed by atoms with Crippen molar-refractivity contribution >= 4 is 23.2 Å². The van der Waals surface area contributed by atoms with Crippen LogP contribution in [0.3, 0.4) is 0 Å². The van der Waals surface area contributed by atoms with Gasteiger partial charge < -0.3 is 15.1 Å². The van der Waals surface area contributed by atoms with Crippen LogP contribution in [-0.4, -0.2) is 41.9 Å². The quantitative estimate of drug-likeness (QED) is 0.839. The van der Waals surface area contributed by atoms with Gasteiger partial charge in [0.1, 0.15) is 0 Å². The lowest BCUT2D eigenvalue weighted by molar-refractivity contribution is 0.141. The van der Waals surface area contributed by atoms with Gasteiger partial charge in [-0.1, -0.05) is 23.2 Å². The highest BCUT2D eigenvalue weighted by atomic mass is 35.5. The Hall–Kier alpha value is -0.320. The van der Waals surface area contributed by atoms with Crippen LogP contribution in [0.25, 0.3) is 0 Å². The van der Waals surface area contributed by atoms with Crippen LogP contribution in [0, 0.1) is 0 Å². The Labute approximate surface area is 112 Å². The van der Waals surface area contributed by atoms with Gasteiger partial charge >= 0.3 is 0 Å². The predicted molar refractivity (Wildman–Crippen MR) is 70.6 cm³/mol. The van der Waals surface area contributed by atoms with Gasteiger partial charge in [0, 0.05) is 28.7 Å². The fourth-order valence-corrected chi connectivity index (χ4v) is 1.97. The zero-order valence-corrected chi connectivity index (χ0v) is 11.2. The summed E-state index contributed by atoms with van der Waals surface area (Å²) in [6.07, 6.45) is -0.0846. The van der Waals surface area contributed by atoms with Crippen molar-refractivity contribution < 1.29 is 10.2 Å². The van der Waals surface area contributed by atoms with Crippen LogP contribution >= 0.6 is 23.2 Å². The average molecular weight is 278 g/mol. The lowest BCUT2D eigenvalue weighted by atomic mass is 10.1. The highest BCUT2D eigenvalue weighted by Crippen LogP contribution is 2.28. The van der Waals surface area contributed by atoms with E-state index in [1.54, 1.807) is 18.2 Å². The molecule has 1 unspecified atom stereocenters. The maximum absolute atomic E-state index is 10.0. The minimum Gasteiger partial charge on any atom is -0.395 e. The number of halogens is 2. The Morgan fingerprint density at radius 3 is 2.65 bits per heavy atom. The molecule has 0 aliphatic rings. The van der Waals surface area contributed by atoms with Gasteiger partial charge in [0.25, 0.3) is 0 Å². The van der Waals surface area contributed by atoms with E-state index in [1.807, 2.05) is 11.9 Å². The largest absolute Gasteiger partial charge is 0.395 e. The van der Waals surface area contributed by atoms with Crippen molar-refractivity contribution in [1.29, 1.82) is 0 Å². The first-order valence-corrected chi connectivity index (χ1v) is 6.22. The van der Waals surface area contributed by atoms with E-state index in [-0.39, 0.29) is 6.61 Å². The molecule has 17 heavy (non-hydrogen) atoms. The highest BCUT2D eigenvalue weighted by molar-refractivity contribution is 6.33. The smallest absolute Gasteiger partial charge is 0.0817 e. The molecule has 96 valence electrons. The summed E-state index contributed by atoms with van der Waals surface area (Å²) in [5.41, 5.74) is 0.650. The SMILES string of the molecule is CN(CCO)CCC(O)c1cc(Cl)ccc1Cl. The molecule has 3 nitrogen and oxygen atoms in total. The molecule has 0 saturated heterocycles. The normalized spacial score (nSPS) is 13.1. The molecule has 1 rings (SSSR count). The topological polar surface area (TPSA) is 43.7 Å². The summed E-state index contributed by atoms with van der Waals surface area (Å²) in [5, 5.41) is 19.8. The van der Waals surface area contributed by atoms with Gasteiger partial charge in [0.2, 0.25) is 0 Å². The van der Waals surface area contributed by atoms with E-state index in [1.165, 1.54) is 0 Å². The molecule has 0 spiro atoms. The lowest BCUT2D eigenvalue weighted by Gasteiger charge is -2.18. The molecule has 2 N–H and O–H groups in total. The summed E-state index contributed by atoms with van der Waals surface area (Å²) >= 11 is 11.9. The third-order valence-corrected chi connectivity index (χ3v) is 3.16. The second-order valence-electron chi connectivity index (χ2n) is 4.00. The fourth-order valence-electron chi connectivity index (χ4n) is 1.55. The molecular weight excluding hydrogens is 261 g/mol. The number of likely N-dealkylation sites (N-methyl/N-ethyl adjacent to an activating group) is 1. The van der Waals surface area contributed by atoms with E-state index >= 15 is 0 Å². The predicted octanol–water partition coefficient (Wildman–Crippen LogP) is 2.34. The Morgan fingerprint density at radius 1 is 1.29 bits per heavy atom. The summed E-state index contributed by atoms with van der Waals surface area (Å²) in [7, 11) is 1.89. The molecule has 0 fully saturated rings. The number of nitrogens with zero attached hydrogens (tertiary/aromatic N) is 1. The van der Waals surface area contributed by atoms with Crippen molar-refractivity contribution in [1.82, 2.24) is 4.90 Å². The number of benzene rings is 1. The molecular formula is C12H17Cl2NO2. The van der Waals surface area contributed by atoms with Crippen molar-refractivity contribution in [3.05, 3.63) is 33.8 Å². The van der Waals surface area contributed by atoms with Crippen LogP contribution in [0.2, 0.25) is 10.0 Å². The Balaban J connectivity index is 2.57. The molecule has 0 radical (unpaired) electrons. The number of aliphatic hydroxyl groups excluding tert-OH is 2. The monoisotopic (exact) mass is 277 g/mol. The van der Waals surface area contributed by atoms with Crippen molar-refractivity contribution in [2.45, 2.75) is 12.5 Å². The summed E-state index contributed by atoms with van der Waals surface area (Å²) in [6.45, 7) is 1.39. The molecule has 0 bridgehead atoms. The van der Waals surface area contributed by atoms with Crippen molar-refractivity contribution in [3.8, 4) is 0 Å². The Morgan fingerprint density at radius 2 is 2.00 bits per heavy atom. The van der Waals surface area contributed by atoms with Gasteiger partial charge in [-0.15, -0.1) is 0 Å². The molecule has 1 aromatic carbocycles. The third-order valence-electron chi connectivity index (χ3n) is 2.58. The van der Waals surface area contributed by atoms with E-state index in [0.717, 1.165) is 0 Å². The van der Waals surface area contributed by atoms with E-state index in [4.69, 9.17) is 28.3 Å². The summed E-state index contributed by atoms with van der Waals surface area (Å²) in [4.78, 5) is 1.95. The van der Waals surface area contributed by atoms with Crippen LogP contribution in [0.5, 0.6) is 0 Å². The van der Waals surface area contributed by atoms with Crippen LogP contribution < -0.4 is 0 Å². The molecule has 5 heteroatoms. The fraction of sp³-hybridized carbons (Fsp3) is 0.500. The first-order chi connectivity index (χ1) is 8.04. The zero-order valence-electron chi connectivity index (χ0n) is 9.74. The zero-order chi connectivity index (χ0) is 12.8. The minimum atomic E-state index is -0.637. The Kier molecular flexibility index (Phi) is 6.23. The van der Waals surface area contributed by atoms with Gasteiger partial charge in [-0.05, 0) is 31.7 Å². The van der Waals surface area contributed by atoms with Crippen LogP contribution in [0.1, 0.15) is 18.1 Å². The maximum atomic E-state index is 10.0. The second-order valence-corrected chi connectivity index (χ2v) is 4.84. The second kappa shape index (κ2) is 7.19. The first-order valence-electron chi connectivity index (χ1n) is 5.47. The van der Waals surface area contributed by atoms with Crippen LogP contribution in [0.4, 0.5) is 0 Å². The van der Waals surface area contributed by atoms with Gasteiger partial charge in [0.05, 0.1) is 12.7 Å². The molecule has 1 atom stereocenters. The van der Waals surface area contributed by atoms with Crippen molar-refractivity contribution in [3.63, 3.8) is 0 Å². The number of hydrogen-bond acceptors (Lipinski definition) is 3. The summed E-state index contributed by atoms with van der Waals surface area (Å²) in [6, 6.07) is 5.05. The summed E-state index contributed by atoms with van der Waals surface area (Å²) < 4.78 is 0. The molecule has 0 heterocycles. The highest BCUT2D eigenvalue weighted by Gasteiger charge is 2.12. The van der Waals surface area contributed by atoms with Gasteiger partial charge in [-0.25, -0.2) is 0 Å². The third kappa shape index (κ3) is 4.82. The standard InChI is InChI=1S/C12H17Cl2NO2/c1-15(6-7-16)5-4-12(17)10-8-9(13)2-3-11(10)14/h2-3,8,12,16-17H,4-7H2,1H3. The lowest BCUT2D eigenvalue weighted by Crippen LogP contribution is -2.24. The van der Waals surface area contributed by atoms with Gasteiger partial charge in [-0.3, -0.25) is 0 Å². The van der Waals surface area contributed by atoms with Crippen LogP contribution in [0.15, 0.2) is 18.2 Å². The number of aliphatic hydroxyl groups is 2. The molecule has 1 aromatic rings. The molecule has 0 saturated carbocycles. The van der Waals surface area contributed by atoms with E-state index in [2.05, 4.69) is 0 Å². The van der Waals surface area contributed by atoms with Crippen LogP contribution in [-0.2, 0) is 0 Å². The van der Waals surface area contributed by atoms with Gasteiger partial charge in [-0.2, -0.15) is 0 Å². The minimum absolute atomic E-state index is 0.116. The Bertz CT molecular complexity index is 360. The number of rotatable bonds is 6. The average Bonchev–Trinajstić information content (AvgIpc) is 2.29. The van der Waals surface area contributed by atoms with E-state index in [9.17, 15) is 5.11 Å². The van der Waals surface area contributed by atoms with Crippen molar-refractivity contribution in [2.75, 3.05) is 26.7 Å². The van der Waals surface area contributed by atoms with Crippen molar-refractivity contribution in [2.24, 2.45) is 0 Å². The molecule has 0 aliphatic carbocycles. The first kappa shape index (κ1) is 14.7. The van der Waals surface area contributed by atoms with E-state index in [0.29, 0.717) is 35.1 Å². The summed E-state index contributed by atoms with van der Waals surface area (Å²) in [5.74, 6) is 0. The molecule has 0 amide bonds. The van der Waals surface area contributed by atoms with E-state index < -0.39 is 6.10 Å².